The molecule has 0 aliphatic heterocycles. The van der Waals surface area contributed by atoms with Gasteiger partial charge in [0, 0.05) is 20.0 Å². The van der Waals surface area contributed by atoms with E-state index in [2.05, 4.69) is 0 Å². The fourth-order valence-electron chi connectivity index (χ4n) is 2.92. The number of fused-ring (bicyclic) bond motifs is 2. The molecule has 2 saturated carbocycles. The van der Waals surface area contributed by atoms with Gasteiger partial charge in [0.2, 0.25) is 5.91 Å². The van der Waals surface area contributed by atoms with E-state index in [-0.39, 0.29) is 5.91 Å². The Labute approximate surface area is 73.9 Å². The first kappa shape index (κ1) is 8.09. The first-order chi connectivity index (χ1) is 5.68. The molecule has 2 nitrogen and oxygen atoms in total. The minimum Gasteiger partial charge on any atom is -0.343 e. The maximum absolute atomic E-state index is 11.1. The molecule has 0 aromatic heterocycles. The van der Waals surface area contributed by atoms with Crippen molar-refractivity contribution < 1.29 is 4.79 Å². The van der Waals surface area contributed by atoms with Crippen LogP contribution in [0.2, 0.25) is 0 Å². The van der Waals surface area contributed by atoms with Crippen LogP contribution >= 0.6 is 0 Å². The Hall–Kier alpha value is -0.530. The van der Waals surface area contributed by atoms with E-state index in [0.717, 1.165) is 11.8 Å². The summed E-state index contributed by atoms with van der Waals surface area (Å²) in [6.45, 7) is 1.67. The maximum atomic E-state index is 11.1. The van der Waals surface area contributed by atoms with Crippen LogP contribution in [-0.2, 0) is 4.79 Å². The fourth-order valence-corrected chi connectivity index (χ4v) is 2.92. The molecule has 2 fully saturated rings. The number of amides is 1. The summed E-state index contributed by atoms with van der Waals surface area (Å²) in [7, 11) is 1.95. The van der Waals surface area contributed by atoms with Crippen molar-refractivity contribution in [2.24, 2.45) is 11.8 Å². The van der Waals surface area contributed by atoms with Crippen molar-refractivity contribution in [2.75, 3.05) is 7.05 Å². The molecule has 0 aromatic carbocycles. The van der Waals surface area contributed by atoms with Crippen LogP contribution in [0.5, 0.6) is 0 Å². The van der Waals surface area contributed by atoms with Crippen LogP contribution in [0.4, 0.5) is 0 Å². The molecule has 3 unspecified atom stereocenters. The average Bonchev–Trinajstić information content (AvgIpc) is 2.62. The quantitative estimate of drug-likeness (QED) is 0.581. The number of carbonyl (C=O) groups excluding carboxylic acids is 1. The van der Waals surface area contributed by atoms with E-state index in [0.29, 0.717) is 6.04 Å². The molecule has 0 N–H and O–H groups in total. The van der Waals surface area contributed by atoms with E-state index in [4.69, 9.17) is 0 Å². The summed E-state index contributed by atoms with van der Waals surface area (Å²) < 4.78 is 0. The minimum absolute atomic E-state index is 0.229. The number of hydrogen-bond donors (Lipinski definition) is 0. The van der Waals surface area contributed by atoms with Crippen LogP contribution < -0.4 is 0 Å². The molecule has 0 saturated heterocycles. The van der Waals surface area contributed by atoms with Gasteiger partial charge in [0.15, 0.2) is 0 Å². The largest absolute Gasteiger partial charge is 0.343 e. The van der Waals surface area contributed by atoms with E-state index >= 15 is 0 Å². The Morgan fingerprint density at radius 1 is 1.33 bits per heavy atom. The van der Waals surface area contributed by atoms with Crippen molar-refractivity contribution in [3.05, 3.63) is 0 Å². The third-order valence-electron chi connectivity index (χ3n) is 3.69. The van der Waals surface area contributed by atoms with E-state index in [9.17, 15) is 4.79 Å². The second kappa shape index (κ2) is 2.75. The van der Waals surface area contributed by atoms with Crippen molar-refractivity contribution in [1.82, 2.24) is 4.90 Å². The van der Waals surface area contributed by atoms with Crippen LogP contribution in [0.3, 0.4) is 0 Å². The van der Waals surface area contributed by atoms with Gasteiger partial charge in [0.05, 0.1) is 0 Å². The molecule has 3 atom stereocenters. The van der Waals surface area contributed by atoms with Crippen molar-refractivity contribution in [2.45, 2.75) is 38.6 Å². The highest BCUT2D eigenvalue weighted by molar-refractivity contribution is 5.73. The summed E-state index contributed by atoms with van der Waals surface area (Å²) in [5.41, 5.74) is 0. The lowest BCUT2D eigenvalue weighted by Crippen LogP contribution is -2.38. The van der Waals surface area contributed by atoms with Gasteiger partial charge in [-0.05, 0) is 31.1 Å². The van der Waals surface area contributed by atoms with Crippen LogP contribution in [0.15, 0.2) is 0 Å². The van der Waals surface area contributed by atoms with Gasteiger partial charge < -0.3 is 4.90 Å². The van der Waals surface area contributed by atoms with Gasteiger partial charge in [-0.15, -0.1) is 0 Å². The molecule has 2 aliphatic carbocycles. The van der Waals surface area contributed by atoms with E-state index in [1.165, 1.54) is 25.7 Å². The summed E-state index contributed by atoms with van der Waals surface area (Å²) in [4.78, 5) is 13.1. The Balaban J connectivity index is 2.02. The average molecular weight is 167 g/mol. The first-order valence-corrected chi connectivity index (χ1v) is 4.92. The Morgan fingerprint density at radius 3 is 2.50 bits per heavy atom. The predicted octanol–water partition coefficient (Wildman–Crippen LogP) is 1.65. The zero-order chi connectivity index (χ0) is 8.72. The third kappa shape index (κ3) is 1.13. The van der Waals surface area contributed by atoms with Crippen LogP contribution in [0, 0.1) is 11.8 Å². The molecule has 2 bridgehead atoms. The van der Waals surface area contributed by atoms with Gasteiger partial charge in [-0.2, -0.15) is 0 Å². The second-order valence-corrected chi connectivity index (χ2v) is 4.37. The first-order valence-electron chi connectivity index (χ1n) is 4.92. The number of nitrogens with zero attached hydrogens (tertiary/aromatic N) is 1. The Kier molecular flexibility index (Phi) is 1.85. The summed E-state index contributed by atoms with van der Waals surface area (Å²) in [5, 5.41) is 0. The van der Waals surface area contributed by atoms with Crippen molar-refractivity contribution in [3.63, 3.8) is 0 Å². The lowest BCUT2D eigenvalue weighted by Gasteiger charge is -2.30. The van der Waals surface area contributed by atoms with Gasteiger partial charge >= 0.3 is 0 Å². The summed E-state index contributed by atoms with van der Waals surface area (Å²) in [6, 6.07) is 0.571. The van der Waals surface area contributed by atoms with Crippen LogP contribution in [0.1, 0.15) is 32.6 Å². The SMILES string of the molecule is CC(=O)N(C)C1CC2CCC1C2. The highest BCUT2D eigenvalue weighted by Crippen LogP contribution is 2.46. The zero-order valence-electron chi connectivity index (χ0n) is 7.92. The van der Waals surface area contributed by atoms with Crippen LogP contribution in [-0.4, -0.2) is 23.9 Å². The van der Waals surface area contributed by atoms with Gasteiger partial charge in [0.1, 0.15) is 0 Å². The lowest BCUT2D eigenvalue weighted by atomic mass is 9.94. The van der Waals surface area contributed by atoms with Crippen molar-refractivity contribution >= 4 is 5.91 Å². The molecule has 68 valence electrons. The number of hydrogen-bond acceptors (Lipinski definition) is 1. The normalized spacial score (nSPS) is 38.7. The predicted molar refractivity (Wildman–Crippen MR) is 47.7 cm³/mol. The lowest BCUT2D eigenvalue weighted by molar-refractivity contribution is -0.130. The number of rotatable bonds is 1. The Morgan fingerprint density at radius 2 is 2.08 bits per heavy atom. The molecule has 0 spiro atoms. The molecule has 1 amide bonds. The van der Waals surface area contributed by atoms with E-state index < -0.39 is 0 Å². The topological polar surface area (TPSA) is 20.3 Å². The monoisotopic (exact) mass is 167 g/mol. The number of carbonyl (C=O) groups is 1. The summed E-state index contributed by atoms with van der Waals surface area (Å²) in [6.07, 6.45) is 5.41. The molecule has 0 heterocycles. The summed E-state index contributed by atoms with van der Waals surface area (Å²) >= 11 is 0. The molecule has 12 heavy (non-hydrogen) atoms. The molecular weight excluding hydrogens is 150 g/mol. The van der Waals surface area contributed by atoms with Gasteiger partial charge in [-0.1, -0.05) is 6.42 Å². The van der Waals surface area contributed by atoms with Gasteiger partial charge in [0.25, 0.3) is 0 Å². The van der Waals surface area contributed by atoms with Crippen LogP contribution in [0.25, 0.3) is 0 Å². The van der Waals surface area contributed by atoms with Crippen molar-refractivity contribution in [3.8, 4) is 0 Å². The van der Waals surface area contributed by atoms with E-state index in [1.807, 2.05) is 11.9 Å². The minimum atomic E-state index is 0.229. The highest BCUT2D eigenvalue weighted by atomic mass is 16.2. The molecular formula is C10H17NO. The van der Waals surface area contributed by atoms with Gasteiger partial charge in [-0.25, -0.2) is 0 Å². The molecule has 2 rings (SSSR count). The standard InChI is InChI=1S/C10H17NO/c1-7(12)11(2)10-6-8-3-4-9(10)5-8/h8-10H,3-6H2,1-2H3. The zero-order valence-corrected chi connectivity index (χ0v) is 7.92. The summed E-state index contributed by atoms with van der Waals surface area (Å²) in [5.74, 6) is 1.98. The van der Waals surface area contributed by atoms with E-state index in [1.54, 1.807) is 6.92 Å². The molecule has 2 aliphatic rings. The maximum Gasteiger partial charge on any atom is 0.219 e. The Bertz CT molecular complexity index is 202. The molecule has 2 heteroatoms. The molecule has 0 aromatic rings. The smallest absolute Gasteiger partial charge is 0.219 e. The third-order valence-corrected chi connectivity index (χ3v) is 3.69. The molecule has 0 radical (unpaired) electrons. The second-order valence-electron chi connectivity index (χ2n) is 4.37. The fraction of sp³-hybridized carbons (Fsp3) is 0.900. The van der Waals surface area contributed by atoms with Gasteiger partial charge in [-0.3, -0.25) is 4.79 Å². The highest BCUT2D eigenvalue weighted by Gasteiger charge is 2.41. The van der Waals surface area contributed by atoms with Crippen molar-refractivity contribution in [1.29, 1.82) is 0 Å².